The first-order valence-corrected chi connectivity index (χ1v) is 9.53. The lowest BCUT2D eigenvalue weighted by atomic mass is 10.0. The van der Waals surface area contributed by atoms with Crippen LogP contribution in [0.2, 0.25) is 0 Å². The van der Waals surface area contributed by atoms with Gasteiger partial charge in [0.25, 0.3) is 0 Å². The Morgan fingerprint density at radius 2 is 2.04 bits per heavy atom. The van der Waals surface area contributed by atoms with Crippen LogP contribution in [0, 0.1) is 0 Å². The maximum absolute atomic E-state index is 11.0. The number of aromatic nitrogens is 3. The van der Waals surface area contributed by atoms with Crippen LogP contribution in [0.1, 0.15) is 35.2 Å². The molecule has 5 nitrogen and oxygen atoms in total. The monoisotopic (exact) mass is 353 g/mol. The van der Waals surface area contributed by atoms with Crippen molar-refractivity contribution in [1.29, 1.82) is 0 Å². The van der Waals surface area contributed by atoms with Crippen LogP contribution in [0.15, 0.2) is 42.7 Å². The molecular formula is C19H19N3O2S. The number of nitrogens with zero attached hydrogens (tertiary/aromatic N) is 3. The summed E-state index contributed by atoms with van der Waals surface area (Å²) in [6.07, 6.45) is 8.90. The molecular weight excluding hydrogens is 334 g/mol. The Labute approximate surface area is 150 Å². The summed E-state index contributed by atoms with van der Waals surface area (Å²) in [5, 5.41) is 15.3. The third-order valence-corrected chi connectivity index (χ3v) is 6.00. The van der Waals surface area contributed by atoms with Gasteiger partial charge in [-0.15, -0.1) is 0 Å². The number of fused-ring (bicyclic) bond motifs is 1. The molecule has 2 aromatic heterocycles. The molecule has 2 heterocycles. The highest BCUT2D eigenvalue weighted by molar-refractivity contribution is 7.99. The van der Waals surface area contributed by atoms with E-state index in [4.69, 9.17) is 5.11 Å². The summed E-state index contributed by atoms with van der Waals surface area (Å²) in [7, 11) is 0. The van der Waals surface area contributed by atoms with Crippen molar-refractivity contribution in [1.82, 2.24) is 14.8 Å². The second-order valence-electron chi connectivity index (χ2n) is 6.34. The highest BCUT2D eigenvalue weighted by Crippen LogP contribution is 2.31. The molecule has 0 aliphatic heterocycles. The topological polar surface area (TPSA) is 68.0 Å². The summed E-state index contributed by atoms with van der Waals surface area (Å²) in [4.78, 5) is 15.5. The lowest BCUT2D eigenvalue weighted by Crippen LogP contribution is -2.14. The molecule has 0 unspecified atom stereocenters. The maximum Gasteiger partial charge on any atom is 0.335 e. The predicted octanol–water partition coefficient (Wildman–Crippen LogP) is 3.95. The predicted molar refractivity (Wildman–Crippen MR) is 99.6 cm³/mol. The smallest absolute Gasteiger partial charge is 0.335 e. The van der Waals surface area contributed by atoms with Gasteiger partial charge in [0.1, 0.15) is 0 Å². The highest BCUT2D eigenvalue weighted by atomic mass is 32.2. The zero-order valence-electron chi connectivity index (χ0n) is 13.8. The minimum Gasteiger partial charge on any atom is -0.478 e. The van der Waals surface area contributed by atoms with Crippen molar-refractivity contribution < 1.29 is 9.90 Å². The molecule has 1 aliphatic carbocycles. The first-order chi connectivity index (χ1) is 12.2. The number of aromatic carboxylic acids is 1. The molecule has 25 heavy (non-hydrogen) atoms. The number of thioether (sulfide) groups is 1. The molecule has 0 spiro atoms. The summed E-state index contributed by atoms with van der Waals surface area (Å²) >= 11 is 2.07. The number of carboxylic acid groups (broad SMARTS) is 1. The van der Waals surface area contributed by atoms with Crippen molar-refractivity contribution >= 4 is 28.8 Å². The fourth-order valence-corrected chi connectivity index (χ4v) is 4.27. The third-order valence-electron chi connectivity index (χ3n) is 4.62. The Morgan fingerprint density at radius 1 is 1.24 bits per heavy atom. The van der Waals surface area contributed by atoms with Crippen LogP contribution < -0.4 is 0 Å². The van der Waals surface area contributed by atoms with E-state index in [-0.39, 0.29) is 5.56 Å². The minimum atomic E-state index is -0.931. The number of hydrogen-bond donors (Lipinski definition) is 1. The van der Waals surface area contributed by atoms with Crippen molar-refractivity contribution in [2.24, 2.45) is 0 Å². The molecule has 1 saturated carbocycles. The summed E-state index contributed by atoms with van der Waals surface area (Å²) in [6, 6.07) is 8.81. The van der Waals surface area contributed by atoms with Gasteiger partial charge >= 0.3 is 5.97 Å². The summed E-state index contributed by atoms with van der Waals surface area (Å²) in [5.74, 6) is 0.210. The number of aryl methyl sites for hydroxylation is 1. The average Bonchev–Trinajstić information content (AvgIpc) is 3.00. The molecule has 6 heteroatoms. The largest absolute Gasteiger partial charge is 0.478 e. The normalized spacial score (nSPS) is 14.6. The Kier molecular flexibility index (Phi) is 4.44. The van der Waals surface area contributed by atoms with Crippen LogP contribution in [-0.2, 0) is 6.42 Å². The highest BCUT2D eigenvalue weighted by Gasteiger charge is 2.17. The first-order valence-electron chi connectivity index (χ1n) is 8.49. The van der Waals surface area contributed by atoms with Gasteiger partial charge in [-0.2, -0.15) is 16.9 Å². The Morgan fingerprint density at radius 3 is 2.72 bits per heavy atom. The fourth-order valence-electron chi connectivity index (χ4n) is 2.92. The SMILES string of the molecule is O=C(O)c1ccc(-n2ncc3cc(CCSC4CCC4)cnc32)cc1. The zero-order chi connectivity index (χ0) is 17.2. The van der Waals surface area contributed by atoms with Gasteiger partial charge in [-0.3, -0.25) is 0 Å². The van der Waals surface area contributed by atoms with Crippen LogP contribution in [0.5, 0.6) is 0 Å². The zero-order valence-corrected chi connectivity index (χ0v) is 14.6. The van der Waals surface area contributed by atoms with E-state index in [9.17, 15) is 4.79 Å². The Bertz CT molecular complexity index is 901. The second kappa shape index (κ2) is 6.88. The van der Waals surface area contributed by atoms with Crippen LogP contribution in [-0.4, -0.2) is 36.8 Å². The van der Waals surface area contributed by atoms with Gasteiger partial charge in [0.15, 0.2) is 5.65 Å². The number of pyridine rings is 1. The van der Waals surface area contributed by atoms with Crippen LogP contribution in [0.3, 0.4) is 0 Å². The fraction of sp³-hybridized carbons (Fsp3) is 0.316. The number of carboxylic acids is 1. The van der Waals surface area contributed by atoms with Gasteiger partial charge in [0.05, 0.1) is 17.4 Å². The number of carbonyl (C=O) groups is 1. The van der Waals surface area contributed by atoms with Crippen molar-refractivity contribution in [3.8, 4) is 5.69 Å². The van der Waals surface area contributed by atoms with Crippen molar-refractivity contribution in [2.45, 2.75) is 30.9 Å². The molecule has 0 amide bonds. The number of hydrogen-bond acceptors (Lipinski definition) is 4. The molecule has 128 valence electrons. The van der Waals surface area contributed by atoms with E-state index in [1.807, 2.05) is 12.4 Å². The molecule has 4 rings (SSSR count). The van der Waals surface area contributed by atoms with E-state index < -0.39 is 5.97 Å². The molecule has 0 saturated heterocycles. The van der Waals surface area contributed by atoms with E-state index in [2.05, 4.69) is 27.9 Å². The molecule has 1 aromatic carbocycles. The number of rotatable bonds is 6. The van der Waals surface area contributed by atoms with Crippen molar-refractivity contribution in [3.63, 3.8) is 0 Å². The summed E-state index contributed by atoms with van der Waals surface area (Å²) in [6.45, 7) is 0. The number of benzene rings is 1. The van der Waals surface area contributed by atoms with Gasteiger partial charge in [0.2, 0.25) is 0 Å². The maximum atomic E-state index is 11.0. The molecule has 3 aromatic rings. The first kappa shape index (κ1) is 16.1. The third kappa shape index (κ3) is 3.39. The van der Waals surface area contributed by atoms with Crippen LogP contribution in [0.4, 0.5) is 0 Å². The van der Waals surface area contributed by atoms with Crippen LogP contribution >= 0.6 is 11.8 Å². The van der Waals surface area contributed by atoms with E-state index in [0.29, 0.717) is 0 Å². The van der Waals surface area contributed by atoms with Crippen LogP contribution in [0.25, 0.3) is 16.7 Å². The van der Waals surface area contributed by atoms with Gasteiger partial charge in [-0.25, -0.2) is 14.5 Å². The van der Waals surface area contributed by atoms with E-state index in [1.54, 1.807) is 28.9 Å². The second-order valence-corrected chi connectivity index (χ2v) is 7.75. The lowest BCUT2D eigenvalue weighted by molar-refractivity contribution is 0.0697. The van der Waals surface area contributed by atoms with Crippen molar-refractivity contribution in [3.05, 3.63) is 53.9 Å². The van der Waals surface area contributed by atoms with Gasteiger partial charge in [-0.1, -0.05) is 6.42 Å². The molecule has 0 radical (unpaired) electrons. The Balaban J connectivity index is 1.51. The standard InChI is InChI=1S/C19H19N3O2S/c23-19(24)14-4-6-16(7-5-14)22-18-15(12-21-22)10-13(11-20-18)8-9-25-17-2-1-3-17/h4-7,10-12,17H,1-3,8-9H2,(H,23,24). The van der Waals surface area contributed by atoms with Gasteiger partial charge in [0, 0.05) is 16.8 Å². The average molecular weight is 353 g/mol. The Hall–Kier alpha value is -2.34. The molecule has 1 N–H and O–H groups in total. The lowest BCUT2D eigenvalue weighted by Gasteiger charge is -2.24. The molecule has 0 bridgehead atoms. The summed E-state index contributed by atoms with van der Waals surface area (Å²) in [5.41, 5.74) is 3.10. The van der Waals surface area contributed by atoms with Gasteiger partial charge in [-0.05, 0) is 60.9 Å². The molecule has 1 fully saturated rings. The van der Waals surface area contributed by atoms with Gasteiger partial charge < -0.3 is 5.11 Å². The van der Waals surface area contributed by atoms with E-state index in [1.165, 1.54) is 24.8 Å². The minimum absolute atomic E-state index is 0.263. The van der Waals surface area contributed by atoms with E-state index in [0.717, 1.165) is 34.1 Å². The molecule has 0 atom stereocenters. The summed E-state index contributed by atoms with van der Waals surface area (Å²) < 4.78 is 1.74. The van der Waals surface area contributed by atoms with Crippen molar-refractivity contribution in [2.75, 3.05) is 5.75 Å². The quantitative estimate of drug-likeness (QED) is 0.727. The molecule has 1 aliphatic rings. The van der Waals surface area contributed by atoms with E-state index >= 15 is 0 Å².